The zero-order valence-electron chi connectivity index (χ0n) is 17.3. The zero-order chi connectivity index (χ0) is 24.1. The standard InChI is InChI=1S/C17H29N5O8S/c1-8(20-15(27)9(18)3-4-13(24)25)14(26)21-10(5-6-31-2)16(28)22-11(17(29)30)7-12(19)23/h8-11H,3-7,18H2,1-2H3,(H2,19,23)(H,20,27)(H,21,26)(H,22,28)(H,24,25)(H,29,30). The summed E-state index contributed by atoms with van der Waals surface area (Å²) >= 11 is 1.39. The van der Waals surface area contributed by atoms with E-state index in [4.69, 9.17) is 21.7 Å². The quantitative estimate of drug-likeness (QED) is 0.133. The van der Waals surface area contributed by atoms with Gasteiger partial charge in [-0.15, -0.1) is 0 Å². The van der Waals surface area contributed by atoms with Crippen LogP contribution in [0.5, 0.6) is 0 Å². The summed E-state index contributed by atoms with van der Waals surface area (Å²) in [6.07, 6.45) is 0.865. The van der Waals surface area contributed by atoms with Gasteiger partial charge in [-0.1, -0.05) is 0 Å². The summed E-state index contributed by atoms with van der Waals surface area (Å²) in [5.74, 6) is -5.35. The number of primary amides is 1. The summed E-state index contributed by atoms with van der Waals surface area (Å²) in [5, 5.41) is 24.7. The number of carbonyl (C=O) groups is 6. The third-order valence-electron chi connectivity index (χ3n) is 4.02. The van der Waals surface area contributed by atoms with Gasteiger partial charge in [0.1, 0.15) is 18.1 Å². The van der Waals surface area contributed by atoms with Crippen molar-refractivity contribution in [1.29, 1.82) is 0 Å². The molecule has 0 rings (SSSR count). The van der Waals surface area contributed by atoms with Gasteiger partial charge < -0.3 is 37.6 Å². The molecule has 9 N–H and O–H groups in total. The van der Waals surface area contributed by atoms with Crippen LogP contribution in [0.3, 0.4) is 0 Å². The highest BCUT2D eigenvalue weighted by Crippen LogP contribution is 2.04. The average Bonchev–Trinajstić information content (AvgIpc) is 2.67. The fourth-order valence-corrected chi connectivity index (χ4v) is 2.74. The van der Waals surface area contributed by atoms with E-state index in [1.54, 1.807) is 6.26 Å². The molecule has 0 bridgehead atoms. The lowest BCUT2D eigenvalue weighted by atomic mass is 10.1. The van der Waals surface area contributed by atoms with Crippen LogP contribution in [-0.4, -0.2) is 82.0 Å². The Hall–Kier alpha value is -2.87. The first-order chi connectivity index (χ1) is 14.4. The van der Waals surface area contributed by atoms with Crippen molar-refractivity contribution in [3.8, 4) is 0 Å². The van der Waals surface area contributed by atoms with Crippen LogP contribution in [-0.2, 0) is 28.8 Å². The van der Waals surface area contributed by atoms with E-state index in [0.29, 0.717) is 5.75 Å². The van der Waals surface area contributed by atoms with Crippen molar-refractivity contribution in [2.75, 3.05) is 12.0 Å². The molecule has 0 aliphatic heterocycles. The normalized spacial score (nSPS) is 14.4. The van der Waals surface area contributed by atoms with Crippen LogP contribution in [0.1, 0.15) is 32.6 Å². The molecule has 0 aliphatic rings. The highest BCUT2D eigenvalue weighted by molar-refractivity contribution is 7.98. The molecule has 0 aromatic carbocycles. The fraction of sp³-hybridized carbons (Fsp3) is 0.647. The number of hydrogen-bond donors (Lipinski definition) is 7. The van der Waals surface area contributed by atoms with Crippen LogP contribution in [0.2, 0.25) is 0 Å². The minimum atomic E-state index is -1.55. The van der Waals surface area contributed by atoms with Gasteiger partial charge in [-0.05, 0) is 31.8 Å². The van der Waals surface area contributed by atoms with E-state index in [0.717, 1.165) is 0 Å². The first-order valence-corrected chi connectivity index (χ1v) is 10.7. The lowest BCUT2D eigenvalue weighted by Crippen LogP contribution is -2.56. The molecule has 0 heterocycles. The maximum Gasteiger partial charge on any atom is 0.326 e. The van der Waals surface area contributed by atoms with E-state index in [1.165, 1.54) is 18.7 Å². The highest BCUT2D eigenvalue weighted by Gasteiger charge is 2.29. The van der Waals surface area contributed by atoms with Gasteiger partial charge in [0, 0.05) is 6.42 Å². The second-order valence-electron chi connectivity index (χ2n) is 6.68. The van der Waals surface area contributed by atoms with Crippen molar-refractivity contribution in [2.45, 2.75) is 56.8 Å². The molecule has 0 aromatic heterocycles. The van der Waals surface area contributed by atoms with Crippen molar-refractivity contribution in [1.82, 2.24) is 16.0 Å². The van der Waals surface area contributed by atoms with E-state index in [9.17, 15) is 28.8 Å². The van der Waals surface area contributed by atoms with E-state index >= 15 is 0 Å². The number of carboxylic acids is 2. The number of thioether (sulfide) groups is 1. The van der Waals surface area contributed by atoms with Crippen LogP contribution in [0, 0.1) is 0 Å². The lowest BCUT2D eigenvalue weighted by Gasteiger charge is -2.23. The Morgan fingerprint density at radius 3 is 1.97 bits per heavy atom. The summed E-state index contributed by atoms with van der Waals surface area (Å²) < 4.78 is 0. The number of nitrogens with two attached hydrogens (primary N) is 2. The number of rotatable bonds is 15. The molecule has 4 unspecified atom stereocenters. The summed E-state index contributed by atoms with van der Waals surface area (Å²) in [6, 6.07) is -4.92. The average molecular weight is 464 g/mol. The zero-order valence-corrected chi connectivity index (χ0v) is 18.1. The predicted molar refractivity (Wildman–Crippen MR) is 111 cm³/mol. The van der Waals surface area contributed by atoms with Gasteiger partial charge in [-0.3, -0.25) is 24.0 Å². The second-order valence-corrected chi connectivity index (χ2v) is 7.67. The Kier molecular flexibility index (Phi) is 12.9. The van der Waals surface area contributed by atoms with E-state index in [-0.39, 0.29) is 19.3 Å². The Morgan fingerprint density at radius 1 is 0.903 bits per heavy atom. The van der Waals surface area contributed by atoms with Gasteiger partial charge in [0.25, 0.3) is 0 Å². The van der Waals surface area contributed by atoms with E-state index in [1.807, 2.05) is 0 Å². The van der Waals surface area contributed by atoms with Gasteiger partial charge in [0.2, 0.25) is 23.6 Å². The number of hydrogen-bond acceptors (Lipinski definition) is 8. The SMILES string of the molecule is CSCCC(NC(=O)C(C)NC(=O)C(N)CCC(=O)O)C(=O)NC(CC(N)=O)C(=O)O. The summed E-state index contributed by atoms with van der Waals surface area (Å²) in [5.41, 5.74) is 10.6. The minimum Gasteiger partial charge on any atom is -0.481 e. The number of carboxylic acid groups (broad SMARTS) is 2. The van der Waals surface area contributed by atoms with Crippen molar-refractivity contribution >= 4 is 47.3 Å². The van der Waals surface area contributed by atoms with Crippen molar-refractivity contribution in [2.24, 2.45) is 11.5 Å². The molecule has 0 fully saturated rings. The molecule has 0 aliphatic carbocycles. The largest absolute Gasteiger partial charge is 0.481 e. The van der Waals surface area contributed by atoms with Crippen LogP contribution in [0.4, 0.5) is 0 Å². The van der Waals surface area contributed by atoms with Gasteiger partial charge in [0.05, 0.1) is 12.5 Å². The fourth-order valence-electron chi connectivity index (χ4n) is 2.27. The van der Waals surface area contributed by atoms with E-state index in [2.05, 4.69) is 16.0 Å². The first-order valence-electron chi connectivity index (χ1n) is 9.27. The summed E-state index contributed by atoms with van der Waals surface area (Å²) in [6.45, 7) is 1.34. The summed E-state index contributed by atoms with van der Waals surface area (Å²) in [7, 11) is 0. The van der Waals surface area contributed by atoms with E-state index < -0.39 is 66.2 Å². The number of amides is 4. The Balaban J connectivity index is 5.04. The minimum absolute atomic E-state index is 0.120. The molecule has 0 radical (unpaired) electrons. The van der Waals surface area contributed by atoms with Gasteiger partial charge >= 0.3 is 11.9 Å². The Morgan fingerprint density at radius 2 is 1.48 bits per heavy atom. The smallest absolute Gasteiger partial charge is 0.326 e. The molecular weight excluding hydrogens is 434 g/mol. The molecule has 13 nitrogen and oxygen atoms in total. The molecule has 0 aromatic rings. The highest BCUT2D eigenvalue weighted by atomic mass is 32.2. The second kappa shape index (κ2) is 14.2. The first kappa shape index (κ1) is 28.1. The third-order valence-corrected chi connectivity index (χ3v) is 4.67. The van der Waals surface area contributed by atoms with Crippen molar-refractivity contribution < 1.29 is 39.0 Å². The molecule has 4 atom stereocenters. The number of carbonyl (C=O) groups excluding carboxylic acids is 4. The molecule has 0 saturated carbocycles. The molecule has 176 valence electrons. The van der Waals surface area contributed by atoms with Gasteiger partial charge in [0.15, 0.2) is 0 Å². The Labute approximate surface area is 183 Å². The Bertz CT molecular complexity index is 689. The number of aliphatic carboxylic acids is 2. The number of nitrogens with one attached hydrogen (secondary N) is 3. The third kappa shape index (κ3) is 11.8. The van der Waals surface area contributed by atoms with Crippen molar-refractivity contribution in [3.63, 3.8) is 0 Å². The molecule has 0 saturated heterocycles. The molecule has 14 heteroatoms. The predicted octanol–water partition coefficient (Wildman–Crippen LogP) is -2.63. The lowest BCUT2D eigenvalue weighted by molar-refractivity contribution is -0.143. The monoisotopic (exact) mass is 463 g/mol. The van der Waals surface area contributed by atoms with Crippen LogP contribution in [0.25, 0.3) is 0 Å². The van der Waals surface area contributed by atoms with Crippen LogP contribution in [0.15, 0.2) is 0 Å². The van der Waals surface area contributed by atoms with Crippen molar-refractivity contribution in [3.05, 3.63) is 0 Å². The molecule has 31 heavy (non-hydrogen) atoms. The maximum atomic E-state index is 12.5. The summed E-state index contributed by atoms with van der Waals surface area (Å²) in [4.78, 5) is 69.6. The van der Waals surface area contributed by atoms with Gasteiger partial charge in [-0.2, -0.15) is 11.8 Å². The molecule has 4 amide bonds. The van der Waals surface area contributed by atoms with Gasteiger partial charge in [-0.25, -0.2) is 4.79 Å². The maximum absolute atomic E-state index is 12.5. The molecule has 0 spiro atoms. The molecular formula is C17H29N5O8S. The topological polar surface area (TPSA) is 231 Å². The van der Waals surface area contributed by atoms with Crippen LogP contribution >= 0.6 is 11.8 Å². The van der Waals surface area contributed by atoms with Crippen LogP contribution < -0.4 is 27.4 Å².